The zero-order valence-corrected chi connectivity index (χ0v) is 19.2. The number of para-hydroxylation sites is 1. The van der Waals surface area contributed by atoms with Gasteiger partial charge in [0, 0.05) is 47.5 Å². The smallest absolute Gasteiger partial charge is 0.357 e. The lowest BCUT2D eigenvalue weighted by Crippen LogP contribution is -2.47. The Morgan fingerprint density at radius 1 is 1.19 bits per heavy atom. The summed E-state index contributed by atoms with van der Waals surface area (Å²) in [5.74, 6) is -0.656. The minimum absolute atomic E-state index is 0.194. The number of carbonyl (C=O) groups excluding carboxylic acids is 1. The first-order valence-corrected chi connectivity index (χ1v) is 10.9. The number of halogens is 2. The van der Waals surface area contributed by atoms with Crippen molar-refractivity contribution in [3.05, 3.63) is 63.6 Å². The normalized spacial score (nSPS) is 14.8. The predicted octanol–water partition coefficient (Wildman–Crippen LogP) is 4.63. The molecule has 0 aromatic heterocycles. The molecule has 1 aliphatic heterocycles. The van der Waals surface area contributed by atoms with Gasteiger partial charge in [0.1, 0.15) is 11.3 Å². The summed E-state index contributed by atoms with van der Waals surface area (Å²) in [6.45, 7) is 7.70. The van der Waals surface area contributed by atoms with Gasteiger partial charge in [-0.3, -0.25) is 10.3 Å². The van der Waals surface area contributed by atoms with E-state index >= 15 is 0 Å². The van der Waals surface area contributed by atoms with E-state index in [4.69, 9.17) is 38.1 Å². The zero-order chi connectivity index (χ0) is 22.4. The molecular formula is C23H27Cl2N3O3. The van der Waals surface area contributed by atoms with Crippen LogP contribution in [0.5, 0.6) is 0 Å². The standard InChI is InChI=1S/C23H27Cl2N3O3/c1-23(2,15-28-9-11-30-12-10-28)31-22(29)21(26)18-5-3-4-6-20(18)27-14-16-7-8-17(24)13-19(16)25/h3-8,13,26-27H,9-12,14-15H2,1-2H3. The number of anilines is 1. The number of nitrogens with one attached hydrogen (secondary N) is 2. The number of esters is 1. The van der Waals surface area contributed by atoms with Gasteiger partial charge in [-0.2, -0.15) is 0 Å². The Morgan fingerprint density at radius 3 is 2.61 bits per heavy atom. The van der Waals surface area contributed by atoms with Gasteiger partial charge in [0.15, 0.2) is 0 Å². The van der Waals surface area contributed by atoms with Crippen LogP contribution in [-0.2, 0) is 20.8 Å². The molecule has 0 unspecified atom stereocenters. The van der Waals surface area contributed by atoms with Crippen LogP contribution in [0.4, 0.5) is 5.69 Å². The van der Waals surface area contributed by atoms with E-state index in [1.165, 1.54) is 0 Å². The highest BCUT2D eigenvalue weighted by atomic mass is 35.5. The lowest BCUT2D eigenvalue weighted by atomic mass is 10.1. The van der Waals surface area contributed by atoms with E-state index in [1.54, 1.807) is 24.3 Å². The fourth-order valence-electron chi connectivity index (χ4n) is 3.45. The second-order valence-corrected chi connectivity index (χ2v) is 8.89. The van der Waals surface area contributed by atoms with Crippen molar-refractivity contribution in [1.29, 1.82) is 5.41 Å². The van der Waals surface area contributed by atoms with Gasteiger partial charge in [-0.05, 0) is 37.6 Å². The molecule has 31 heavy (non-hydrogen) atoms. The molecule has 0 aliphatic carbocycles. The van der Waals surface area contributed by atoms with Gasteiger partial charge < -0.3 is 14.8 Å². The van der Waals surface area contributed by atoms with Crippen molar-refractivity contribution in [3.8, 4) is 0 Å². The lowest BCUT2D eigenvalue weighted by molar-refractivity contribution is -0.150. The summed E-state index contributed by atoms with van der Waals surface area (Å²) < 4.78 is 11.1. The predicted molar refractivity (Wildman–Crippen MR) is 124 cm³/mol. The van der Waals surface area contributed by atoms with E-state index in [0.29, 0.717) is 47.6 Å². The topological polar surface area (TPSA) is 74.7 Å². The van der Waals surface area contributed by atoms with Gasteiger partial charge in [-0.1, -0.05) is 47.5 Å². The van der Waals surface area contributed by atoms with E-state index in [2.05, 4.69) is 10.2 Å². The molecule has 3 rings (SSSR count). The SMILES string of the molecule is CC(C)(CN1CCOCC1)OC(=O)C(=N)c1ccccc1NCc1ccc(Cl)cc1Cl. The van der Waals surface area contributed by atoms with Crippen LogP contribution in [0.2, 0.25) is 10.0 Å². The number of carbonyl (C=O) groups is 1. The summed E-state index contributed by atoms with van der Waals surface area (Å²) in [7, 11) is 0. The van der Waals surface area contributed by atoms with Gasteiger partial charge in [-0.15, -0.1) is 0 Å². The second-order valence-electron chi connectivity index (χ2n) is 8.05. The number of hydrogen-bond acceptors (Lipinski definition) is 6. The average Bonchev–Trinajstić information content (AvgIpc) is 2.73. The highest BCUT2D eigenvalue weighted by molar-refractivity contribution is 6.43. The summed E-state index contributed by atoms with van der Waals surface area (Å²) in [5, 5.41) is 12.8. The number of benzene rings is 2. The molecule has 1 saturated heterocycles. The Labute approximate surface area is 192 Å². The number of ether oxygens (including phenoxy) is 2. The molecule has 0 bridgehead atoms. The van der Waals surface area contributed by atoms with Gasteiger partial charge in [-0.25, -0.2) is 4.79 Å². The van der Waals surface area contributed by atoms with Gasteiger partial charge in [0.05, 0.1) is 13.2 Å². The Hall–Kier alpha value is -2.12. The highest BCUT2D eigenvalue weighted by Gasteiger charge is 2.29. The van der Waals surface area contributed by atoms with E-state index in [9.17, 15) is 4.79 Å². The second kappa shape index (κ2) is 10.5. The molecule has 2 N–H and O–H groups in total. The fourth-order valence-corrected chi connectivity index (χ4v) is 3.93. The van der Waals surface area contributed by atoms with Gasteiger partial charge >= 0.3 is 5.97 Å². The summed E-state index contributed by atoms with van der Waals surface area (Å²) in [6.07, 6.45) is 0. The number of morpholine rings is 1. The van der Waals surface area contributed by atoms with Crippen LogP contribution in [-0.4, -0.2) is 55.0 Å². The largest absolute Gasteiger partial charge is 0.454 e. The van der Waals surface area contributed by atoms with Crippen LogP contribution in [0.25, 0.3) is 0 Å². The molecule has 0 saturated carbocycles. The Morgan fingerprint density at radius 2 is 1.90 bits per heavy atom. The van der Waals surface area contributed by atoms with E-state index in [1.807, 2.05) is 32.0 Å². The number of nitrogens with zero attached hydrogens (tertiary/aromatic N) is 1. The molecule has 2 aromatic carbocycles. The Bertz CT molecular complexity index is 943. The van der Waals surface area contributed by atoms with E-state index in [-0.39, 0.29) is 5.71 Å². The van der Waals surface area contributed by atoms with Crippen molar-refractivity contribution in [3.63, 3.8) is 0 Å². The first kappa shape index (κ1) is 23.5. The fraction of sp³-hybridized carbons (Fsp3) is 0.391. The van der Waals surface area contributed by atoms with Crippen LogP contribution in [0.15, 0.2) is 42.5 Å². The quantitative estimate of drug-likeness (QED) is 0.440. The van der Waals surface area contributed by atoms with Crippen molar-refractivity contribution in [2.75, 3.05) is 38.2 Å². The van der Waals surface area contributed by atoms with E-state index in [0.717, 1.165) is 18.7 Å². The third-order valence-electron chi connectivity index (χ3n) is 4.96. The molecular weight excluding hydrogens is 437 g/mol. The molecule has 0 radical (unpaired) electrons. The van der Waals surface area contributed by atoms with Gasteiger partial charge in [0.25, 0.3) is 0 Å². The summed E-state index contributed by atoms with van der Waals surface area (Å²) >= 11 is 12.2. The molecule has 1 fully saturated rings. The third-order valence-corrected chi connectivity index (χ3v) is 5.55. The minimum Gasteiger partial charge on any atom is -0.454 e. The first-order chi connectivity index (χ1) is 14.7. The molecule has 0 spiro atoms. The average molecular weight is 464 g/mol. The summed E-state index contributed by atoms with van der Waals surface area (Å²) in [6, 6.07) is 12.5. The van der Waals surface area contributed by atoms with Crippen molar-refractivity contribution < 1.29 is 14.3 Å². The maximum absolute atomic E-state index is 12.8. The molecule has 1 heterocycles. The Balaban J connectivity index is 1.66. The maximum atomic E-state index is 12.8. The monoisotopic (exact) mass is 463 g/mol. The molecule has 8 heteroatoms. The minimum atomic E-state index is -0.722. The van der Waals surface area contributed by atoms with Gasteiger partial charge in [0.2, 0.25) is 0 Å². The van der Waals surface area contributed by atoms with Crippen molar-refractivity contribution in [2.24, 2.45) is 0 Å². The highest BCUT2D eigenvalue weighted by Crippen LogP contribution is 2.24. The molecule has 6 nitrogen and oxygen atoms in total. The van der Waals surface area contributed by atoms with Crippen molar-refractivity contribution in [2.45, 2.75) is 26.0 Å². The van der Waals surface area contributed by atoms with E-state index < -0.39 is 11.6 Å². The Kier molecular flexibility index (Phi) is 7.94. The molecule has 166 valence electrons. The molecule has 2 aromatic rings. The maximum Gasteiger partial charge on any atom is 0.357 e. The van der Waals surface area contributed by atoms with Crippen molar-refractivity contribution >= 4 is 40.6 Å². The number of hydrogen-bond donors (Lipinski definition) is 2. The zero-order valence-electron chi connectivity index (χ0n) is 17.7. The number of rotatable bonds is 8. The molecule has 1 aliphatic rings. The molecule has 0 atom stereocenters. The van der Waals surface area contributed by atoms with Crippen LogP contribution in [0.3, 0.4) is 0 Å². The summed E-state index contributed by atoms with van der Waals surface area (Å²) in [5.41, 5.74) is 1.07. The third kappa shape index (κ3) is 6.68. The lowest BCUT2D eigenvalue weighted by Gasteiger charge is -2.34. The first-order valence-electron chi connectivity index (χ1n) is 10.1. The van der Waals surface area contributed by atoms with Crippen LogP contribution < -0.4 is 5.32 Å². The summed E-state index contributed by atoms with van der Waals surface area (Å²) in [4.78, 5) is 15.0. The molecule has 0 amide bonds. The van der Waals surface area contributed by atoms with Crippen LogP contribution in [0.1, 0.15) is 25.0 Å². The van der Waals surface area contributed by atoms with Crippen molar-refractivity contribution in [1.82, 2.24) is 4.90 Å². The van der Waals surface area contributed by atoms with Crippen LogP contribution in [0, 0.1) is 5.41 Å². The van der Waals surface area contributed by atoms with Crippen LogP contribution >= 0.6 is 23.2 Å².